The average Bonchev–Trinajstić information content (AvgIpc) is 2.16. The predicted octanol–water partition coefficient (Wildman–Crippen LogP) is 1.28. The van der Waals surface area contributed by atoms with Crippen molar-refractivity contribution in [3.05, 3.63) is 18.3 Å². The number of nitrogen functional groups attached to an aromatic ring is 1. The molecule has 2 N–H and O–H groups in total. The Bertz CT molecular complexity index is 332. The normalized spacial score (nSPS) is 26.7. The Morgan fingerprint density at radius 3 is 2.67 bits per heavy atom. The summed E-state index contributed by atoms with van der Waals surface area (Å²) in [4.78, 5) is 6.28. The fraction of sp³-hybridized carbons (Fsp3) is 0.545. The van der Waals surface area contributed by atoms with Crippen LogP contribution in [0.25, 0.3) is 0 Å². The smallest absolute Gasteiger partial charge is 0.125 e. The van der Waals surface area contributed by atoms with Crippen LogP contribution in [0.15, 0.2) is 18.3 Å². The summed E-state index contributed by atoms with van der Waals surface area (Å²) in [6.45, 7) is 6.00. The molecule has 0 amide bonds. The Hall–Kier alpha value is -1.29. The SMILES string of the molecule is CC1CN(c2ccnc(N)c2)CC(C)O1. The van der Waals surface area contributed by atoms with Crippen molar-refractivity contribution >= 4 is 11.5 Å². The van der Waals surface area contributed by atoms with Gasteiger partial charge in [0.2, 0.25) is 0 Å². The van der Waals surface area contributed by atoms with E-state index in [0.29, 0.717) is 5.82 Å². The highest BCUT2D eigenvalue weighted by Gasteiger charge is 2.22. The second-order valence-corrected chi connectivity index (χ2v) is 4.10. The van der Waals surface area contributed by atoms with Crippen molar-refractivity contribution < 1.29 is 4.74 Å². The van der Waals surface area contributed by atoms with Gasteiger partial charge in [0.1, 0.15) is 5.82 Å². The lowest BCUT2D eigenvalue weighted by Crippen LogP contribution is -2.45. The zero-order valence-electron chi connectivity index (χ0n) is 9.18. The Labute approximate surface area is 90.0 Å². The minimum absolute atomic E-state index is 0.267. The summed E-state index contributed by atoms with van der Waals surface area (Å²) in [5.74, 6) is 0.569. The summed E-state index contributed by atoms with van der Waals surface area (Å²) >= 11 is 0. The number of nitrogens with zero attached hydrogens (tertiary/aromatic N) is 2. The molecule has 2 atom stereocenters. The molecule has 2 unspecified atom stereocenters. The van der Waals surface area contributed by atoms with Crippen molar-refractivity contribution in [1.29, 1.82) is 0 Å². The first kappa shape index (κ1) is 10.2. The van der Waals surface area contributed by atoms with Crippen LogP contribution in [0.3, 0.4) is 0 Å². The first-order valence-electron chi connectivity index (χ1n) is 5.27. The van der Waals surface area contributed by atoms with Crippen LogP contribution < -0.4 is 10.6 Å². The molecule has 2 rings (SSSR count). The van der Waals surface area contributed by atoms with E-state index in [4.69, 9.17) is 10.5 Å². The molecule has 0 aromatic carbocycles. The molecule has 4 nitrogen and oxygen atoms in total. The van der Waals surface area contributed by atoms with Gasteiger partial charge in [-0.15, -0.1) is 0 Å². The second-order valence-electron chi connectivity index (χ2n) is 4.10. The van der Waals surface area contributed by atoms with Gasteiger partial charge in [-0.2, -0.15) is 0 Å². The zero-order valence-corrected chi connectivity index (χ0v) is 9.18. The summed E-state index contributed by atoms with van der Waals surface area (Å²) in [5.41, 5.74) is 6.79. The van der Waals surface area contributed by atoms with Crippen LogP contribution in [0.2, 0.25) is 0 Å². The monoisotopic (exact) mass is 207 g/mol. The highest BCUT2D eigenvalue weighted by molar-refractivity contribution is 5.52. The third-order valence-corrected chi connectivity index (χ3v) is 2.55. The number of hydrogen-bond acceptors (Lipinski definition) is 4. The minimum atomic E-state index is 0.267. The number of rotatable bonds is 1. The fourth-order valence-electron chi connectivity index (χ4n) is 2.02. The maximum Gasteiger partial charge on any atom is 0.125 e. The van der Waals surface area contributed by atoms with Gasteiger partial charge in [0.15, 0.2) is 0 Å². The molecule has 2 heterocycles. The highest BCUT2D eigenvalue weighted by atomic mass is 16.5. The van der Waals surface area contributed by atoms with Crippen molar-refractivity contribution in [2.75, 3.05) is 23.7 Å². The number of pyridine rings is 1. The average molecular weight is 207 g/mol. The summed E-state index contributed by atoms with van der Waals surface area (Å²) in [6, 6.07) is 3.89. The fourth-order valence-corrected chi connectivity index (χ4v) is 2.02. The van der Waals surface area contributed by atoms with Crippen LogP contribution in [-0.4, -0.2) is 30.3 Å². The van der Waals surface area contributed by atoms with Gasteiger partial charge in [0, 0.05) is 31.0 Å². The van der Waals surface area contributed by atoms with Crippen LogP contribution >= 0.6 is 0 Å². The van der Waals surface area contributed by atoms with Crippen LogP contribution in [0, 0.1) is 0 Å². The lowest BCUT2D eigenvalue weighted by molar-refractivity contribution is -0.00521. The number of anilines is 2. The number of hydrogen-bond donors (Lipinski definition) is 1. The Morgan fingerprint density at radius 2 is 2.07 bits per heavy atom. The Kier molecular flexibility index (Phi) is 2.77. The van der Waals surface area contributed by atoms with E-state index in [1.54, 1.807) is 6.20 Å². The van der Waals surface area contributed by atoms with Gasteiger partial charge in [-0.3, -0.25) is 0 Å². The van der Waals surface area contributed by atoms with E-state index in [1.165, 1.54) is 0 Å². The maximum atomic E-state index is 5.68. The van der Waals surface area contributed by atoms with Crippen LogP contribution in [0.1, 0.15) is 13.8 Å². The molecule has 1 aromatic heterocycles. The summed E-state index contributed by atoms with van der Waals surface area (Å²) in [7, 11) is 0. The lowest BCUT2D eigenvalue weighted by atomic mass is 10.2. The van der Waals surface area contributed by atoms with Crippen LogP contribution in [-0.2, 0) is 4.74 Å². The molecule has 0 spiro atoms. The highest BCUT2D eigenvalue weighted by Crippen LogP contribution is 2.20. The number of aromatic nitrogens is 1. The van der Waals surface area contributed by atoms with Gasteiger partial charge in [-0.25, -0.2) is 4.98 Å². The van der Waals surface area contributed by atoms with Crippen molar-refractivity contribution in [2.24, 2.45) is 0 Å². The second kappa shape index (κ2) is 4.06. The van der Waals surface area contributed by atoms with E-state index < -0.39 is 0 Å². The summed E-state index contributed by atoms with van der Waals surface area (Å²) < 4.78 is 5.68. The molecule has 1 fully saturated rings. The first-order valence-corrected chi connectivity index (χ1v) is 5.27. The molecule has 1 aromatic rings. The van der Waals surface area contributed by atoms with Crippen molar-refractivity contribution in [3.63, 3.8) is 0 Å². The number of ether oxygens (including phenoxy) is 1. The number of nitrogens with two attached hydrogens (primary N) is 1. The van der Waals surface area contributed by atoms with Crippen molar-refractivity contribution in [1.82, 2.24) is 4.98 Å². The van der Waals surface area contributed by atoms with E-state index in [-0.39, 0.29) is 12.2 Å². The standard InChI is InChI=1S/C11H17N3O/c1-8-6-14(7-9(2)15-8)10-3-4-13-11(12)5-10/h3-5,8-9H,6-7H2,1-2H3,(H2,12,13). The molecule has 0 saturated carbocycles. The van der Waals surface area contributed by atoms with Gasteiger partial charge in [-0.05, 0) is 19.9 Å². The van der Waals surface area contributed by atoms with E-state index in [1.807, 2.05) is 12.1 Å². The van der Waals surface area contributed by atoms with Gasteiger partial charge >= 0.3 is 0 Å². The Balaban J connectivity index is 2.16. The van der Waals surface area contributed by atoms with Crippen LogP contribution in [0.4, 0.5) is 11.5 Å². The van der Waals surface area contributed by atoms with Crippen LogP contribution in [0.5, 0.6) is 0 Å². The molecule has 0 radical (unpaired) electrons. The zero-order chi connectivity index (χ0) is 10.8. The summed E-state index contributed by atoms with van der Waals surface area (Å²) in [5, 5.41) is 0. The molecule has 4 heteroatoms. The summed E-state index contributed by atoms with van der Waals surface area (Å²) in [6.07, 6.45) is 2.28. The largest absolute Gasteiger partial charge is 0.384 e. The van der Waals surface area contributed by atoms with Crippen molar-refractivity contribution in [2.45, 2.75) is 26.1 Å². The van der Waals surface area contributed by atoms with E-state index in [9.17, 15) is 0 Å². The number of morpholine rings is 1. The molecule has 1 aliphatic heterocycles. The maximum absolute atomic E-state index is 5.68. The molecular weight excluding hydrogens is 190 g/mol. The molecule has 1 saturated heterocycles. The minimum Gasteiger partial charge on any atom is -0.384 e. The quantitative estimate of drug-likeness (QED) is 0.753. The van der Waals surface area contributed by atoms with Gasteiger partial charge in [0.25, 0.3) is 0 Å². The van der Waals surface area contributed by atoms with Gasteiger partial charge < -0.3 is 15.4 Å². The molecule has 15 heavy (non-hydrogen) atoms. The third-order valence-electron chi connectivity index (χ3n) is 2.55. The van der Waals surface area contributed by atoms with Gasteiger partial charge in [-0.1, -0.05) is 0 Å². The van der Waals surface area contributed by atoms with E-state index in [2.05, 4.69) is 23.7 Å². The molecule has 0 bridgehead atoms. The Morgan fingerprint density at radius 1 is 1.40 bits per heavy atom. The lowest BCUT2D eigenvalue weighted by Gasteiger charge is -2.36. The molecule has 82 valence electrons. The first-order chi connectivity index (χ1) is 7.15. The van der Waals surface area contributed by atoms with Gasteiger partial charge in [0.05, 0.1) is 12.2 Å². The molecular formula is C11H17N3O. The predicted molar refractivity (Wildman–Crippen MR) is 60.9 cm³/mol. The van der Waals surface area contributed by atoms with E-state index >= 15 is 0 Å². The topological polar surface area (TPSA) is 51.4 Å². The third kappa shape index (κ3) is 2.39. The molecule has 1 aliphatic rings. The van der Waals surface area contributed by atoms with E-state index in [0.717, 1.165) is 18.8 Å². The molecule has 0 aliphatic carbocycles. The van der Waals surface area contributed by atoms with Crippen molar-refractivity contribution in [3.8, 4) is 0 Å².